The normalized spacial score (nSPS) is 16.8. The maximum Gasteiger partial charge on any atom is 0.140 e. The molecule has 17 heavy (non-hydrogen) atoms. The standard InChI is InChI=1S/C14H19N3/c1-2-3-12-6-8-17(9-7-12)14-5-4-13(10-15)16-11-14/h4-5,11-12H,2-3,6-9H2,1H3. The molecule has 1 aromatic heterocycles. The minimum absolute atomic E-state index is 0.495. The number of pyridine rings is 1. The van der Waals surface area contributed by atoms with E-state index in [-0.39, 0.29) is 0 Å². The van der Waals surface area contributed by atoms with Crippen molar-refractivity contribution >= 4 is 5.69 Å². The molecule has 0 amide bonds. The monoisotopic (exact) mass is 229 g/mol. The second-order valence-corrected chi connectivity index (χ2v) is 4.73. The Morgan fingerprint density at radius 3 is 2.71 bits per heavy atom. The summed E-state index contributed by atoms with van der Waals surface area (Å²) in [5.74, 6) is 0.905. The lowest BCUT2D eigenvalue weighted by Crippen LogP contribution is -2.33. The molecule has 1 aliphatic rings. The predicted octanol–water partition coefficient (Wildman–Crippen LogP) is 2.97. The van der Waals surface area contributed by atoms with Crippen LogP contribution in [-0.2, 0) is 0 Å². The number of anilines is 1. The summed E-state index contributed by atoms with van der Waals surface area (Å²) in [6.07, 6.45) is 7.04. The van der Waals surface area contributed by atoms with Gasteiger partial charge in [0.1, 0.15) is 11.8 Å². The number of hydrogen-bond acceptors (Lipinski definition) is 3. The van der Waals surface area contributed by atoms with Gasteiger partial charge in [-0.3, -0.25) is 0 Å². The molecule has 1 aliphatic heterocycles. The molecule has 0 unspecified atom stereocenters. The first kappa shape index (κ1) is 11.9. The molecule has 1 fully saturated rings. The third-order valence-corrected chi connectivity index (χ3v) is 3.54. The van der Waals surface area contributed by atoms with Gasteiger partial charge >= 0.3 is 0 Å². The van der Waals surface area contributed by atoms with E-state index < -0.39 is 0 Å². The van der Waals surface area contributed by atoms with E-state index in [9.17, 15) is 0 Å². The van der Waals surface area contributed by atoms with Crippen LogP contribution in [0.5, 0.6) is 0 Å². The molecule has 0 aliphatic carbocycles. The van der Waals surface area contributed by atoms with Gasteiger partial charge in [-0.2, -0.15) is 5.26 Å². The lowest BCUT2D eigenvalue weighted by Gasteiger charge is -2.33. The van der Waals surface area contributed by atoms with Crippen molar-refractivity contribution in [3.05, 3.63) is 24.0 Å². The number of rotatable bonds is 3. The number of aromatic nitrogens is 1. The van der Waals surface area contributed by atoms with Crippen molar-refractivity contribution in [2.24, 2.45) is 5.92 Å². The van der Waals surface area contributed by atoms with E-state index in [0.717, 1.165) is 24.7 Å². The van der Waals surface area contributed by atoms with Gasteiger partial charge in [-0.15, -0.1) is 0 Å². The third kappa shape index (κ3) is 2.97. The Morgan fingerprint density at radius 2 is 2.18 bits per heavy atom. The Bertz CT molecular complexity index is 383. The molecule has 0 saturated carbocycles. The smallest absolute Gasteiger partial charge is 0.140 e. The van der Waals surface area contributed by atoms with Crippen molar-refractivity contribution in [2.75, 3.05) is 18.0 Å². The highest BCUT2D eigenvalue weighted by atomic mass is 15.1. The molecule has 90 valence electrons. The number of hydrogen-bond donors (Lipinski definition) is 0. The van der Waals surface area contributed by atoms with Gasteiger partial charge in [-0.05, 0) is 30.9 Å². The number of nitrogens with zero attached hydrogens (tertiary/aromatic N) is 3. The summed E-state index contributed by atoms with van der Waals surface area (Å²) in [7, 11) is 0. The Balaban J connectivity index is 1.94. The van der Waals surface area contributed by atoms with Crippen molar-refractivity contribution in [2.45, 2.75) is 32.6 Å². The van der Waals surface area contributed by atoms with Crippen LogP contribution in [-0.4, -0.2) is 18.1 Å². The second kappa shape index (κ2) is 5.67. The zero-order chi connectivity index (χ0) is 12.1. The van der Waals surface area contributed by atoms with Gasteiger partial charge in [0, 0.05) is 13.1 Å². The summed E-state index contributed by atoms with van der Waals surface area (Å²) in [4.78, 5) is 6.50. The van der Waals surface area contributed by atoms with E-state index in [1.54, 1.807) is 6.07 Å². The van der Waals surface area contributed by atoms with E-state index in [1.165, 1.54) is 25.7 Å². The zero-order valence-corrected chi connectivity index (χ0v) is 10.4. The van der Waals surface area contributed by atoms with Crippen molar-refractivity contribution in [1.82, 2.24) is 4.98 Å². The van der Waals surface area contributed by atoms with Gasteiger partial charge in [0.15, 0.2) is 0 Å². The molecular weight excluding hydrogens is 210 g/mol. The van der Waals surface area contributed by atoms with Crippen LogP contribution in [0.1, 0.15) is 38.3 Å². The van der Waals surface area contributed by atoms with Crippen LogP contribution in [0.3, 0.4) is 0 Å². The van der Waals surface area contributed by atoms with E-state index in [0.29, 0.717) is 5.69 Å². The Labute approximate surface area is 103 Å². The average Bonchev–Trinajstić information content (AvgIpc) is 2.40. The summed E-state index contributed by atoms with van der Waals surface area (Å²) in [6.45, 7) is 4.51. The second-order valence-electron chi connectivity index (χ2n) is 4.73. The van der Waals surface area contributed by atoms with E-state index >= 15 is 0 Å². The molecule has 1 aromatic rings. The van der Waals surface area contributed by atoms with Crippen molar-refractivity contribution in [3.8, 4) is 6.07 Å². The summed E-state index contributed by atoms with van der Waals surface area (Å²) in [5.41, 5.74) is 1.65. The molecule has 1 saturated heterocycles. The molecule has 2 rings (SSSR count). The molecule has 3 nitrogen and oxygen atoms in total. The van der Waals surface area contributed by atoms with Gasteiger partial charge in [-0.25, -0.2) is 4.98 Å². The van der Waals surface area contributed by atoms with Gasteiger partial charge in [0.25, 0.3) is 0 Å². The Morgan fingerprint density at radius 1 is 1.41 bits per heavy atom. The molecule has 0 aromatic carbocycles. The summed E-state index contributed by atoms with van der Waals surface area (Å²) < 4.78 is 0. The van der Waals surface area contributed by atoms with Crippen LogP contribution in [0.15, 0.2) is 18.3 Å². The maximum atomic E-state index is 8.71. The van der Waals surface area contributed by atoms with E-state index in [1.807, 2.05) is 12.3 Å². The first-order valence-electron chi connectivity index (χ1n) is 6.44. The summed E-state index contributed by atoms with van der Waals surface area (Å²) in [5, 5.41) is 8.71. The largest absolute Gasteiger partial charge is 0.370 e. The quantitative estimate of drug-likeness (QED) is 0.800. The number of piperidine rings is 1. The highest BCUT2D eigenvalue weighted by Gasteiger charge is 2.18. The minimum Gasteiger partial charge on any atom is -0.370 e. The summed E-state index contributed by atoms with van der Waals surface area (Å²) >= 11 is 0. The lowest BCUT2D eigenvalue weighted by atomic mass is 9.92. The lowest BCUT2D eigenvalue weighted by molar-refractivity contribution is 0.378. The van der Waals surface area contributed by atoms with Crippen molar-refractivity contribution in [3.63, 3.8) is 0 Å². The topological polar surface area (TPSA) is 39.9 Å². The van der Waals surface area contributed by atoms with Crippen LogP contribution < -0.4 is 4.90 Å². The molecule has 0 spiro atoms. The molecule has 0 N–H and O–H groups in total. The SMILES string of the molecule is CCCC1CCN(c2ccc(C#N)nc2)CC1. The number of nitriles is 1. The first-order valence-corrected chi connectivity index (χ1v) is 6.44. The molecule has 0 atom stereocenters. The predicted molar refractivity (Wildman–Crippen MR) is 68.8 cm³/mol. The van der Waals surface area contributed by atoms with Gasteiger partial charge in [0.05, 0.1) is 11.9 Å². The van der Waals surface area contributed by atoms with Gasteiger partial charge < -0.3 is 4.90 Å². The highest BCUT2D eigenvalue weighted by Crippen LogP contribution is 2.25. The highest BCUT2D eigenvalue weighted by molar-refractivity contribution is 5.46. The summed E-state index contributed by atoms with van der Waals surface area (Å²) in [6, 6.07) is 5.86. The fourth-order valence-electron chi connectivity index (χ4n) is 2.53. The van der Waals surface area contributed by atoms with E-state index in [2.05, 4.69) is 22.9 Å². The van der Waals surface area contributed by atoms with Crippen LogP contribution >= 0.6 is 0 Å². The average molecular weight is 229 g/mol. The van der Waals surface area contributed by atoms with Crippen LogP contribution in [0.4, 0.5) is 5.69 Å². The Hall–Kier alpha value is -1.56. The zero-order valence-electron chi connectivity index (χ0n) is 10.4. The van der Waals surface area contributed by atoms with Crippen LogP contribution in [0.2, 0.25) is 0 Å². The molecular formula is C14H19N3. The van der Waals surface area contributed by atoms with Crippen molar-refractivity contribution < 1.29 is 0 Å². The van der Waals surface area contributed by atoms with Crippen LogP contribution in [0.25, 0.3) is 0 Å². The molecule has 0 radical (unpaired) electrons. The molecule has 3 heteroatoms. The fourth-order valence-corrected chi connectivity index (χ4v) is 2.53. The Kier molecular flexibility index (Phi) is 3.98. The maximum absolute atomic E-state index is 8.71. The molecule has 0 bridgehead atoms. The van der Waals surface area contributed by atoms with E-state index in [4.69, 9.17) is 5.26 Å². The minimum atomic E-state index is 0.495. The third-order valence-electron chi connectivity index (χ3n) is 3.54. The molecule has 2 heterocycles. The van der Waals surface area contributed by atoms with Crippen LogP contribution in [0, 0.1) is 17.2 Å². The fraction of sp³-hybridized carbons (Fsp3) is 0.571. The van der Waals surface area contributed by atoms with Gasteiger partial charge in [0.2, 0.25) is 0 Å². The first-order chi connectivity index (χ1) is 8.33. The van der Waals surface area contributed by atoms with Gasteiger partial charge in [-0.1, -0.05) is 19.8 Å². The van der Waals surface area contributed by atoms with Crippen molar-refractivity contribution in [1.29, 1.82) is 5.26 Å².